The van der Waals surface area contributed by atoms with Crippen LogP contribution in [0.3, 0.4) is 0 Å². The normalized spacial score (nSPS) is 26.5. The van der Waals surface area contributed by atoms with Crippen LogP contribution in [-0.2, 0) is 21.7 Å². The fraction of sp³-hybridized carbons (Fsp3) is 0.545. The number of ether oxygens (including phenoxy) is 1. The van der Waals surface area contributed by atoms with Gasteiger partial charge in [-0.2, -0.15) is 4.99 Å². The van der Waals surface area contributed by atoms with E-state index in [2.05, 4.69) is 34.2 Å². The summed E-state index contributed by atoms with van der Waals surface area (Å²) in [6, 6.07) is 8.62. The number of benzene rings is 1. The monoisotopic (exact) mass is 380 g/mol. The molecule has 2 aliphatic carbocycles. The van der Waals surface area contributed by atoms with Gasteiger partial charge in [-0.15, -0.1) is 0 Å². The fourth-order valence-electron chi connectivity index (χ4n) is 4.96. The minimum Gasteiger partial charge on any atom is -0.365 e. The van der Waals surface area contributed by atoms with Gasteiger partial charge in [0.05, 0.1) is 17.1 Å². The maximum absolute atomic E-state index is 12.6. The van der Waals surface area contributed by atoms with Crippen molar-refractivity contribution in [2.45, 2.75) is 50.7 Å². The lowest BCUT2D eigenvalue weighted by Gasteiger charge is -2.39. The summed E-state index contributed by atoms with van der Waals surface area (Å²) < 4.78 is 6.27. The Hall–Kier alpha value is -1.59. The van der Waals surface area contributed by atoms with Gasteiger partial charge in [0.2, 0.25) is 0 Å². The first kappa shape index (κ1) is 16.4. The van der Waals surface area contributed by atoms with E-state index in [-0.39, 0.29) is 11.5 Å². The Bertz CT molecular complexity index is 860. The third kappa shape index (κ3) is 2.70. The maximum Gasteiger partial charge on any atom is 0.286 e. The van der Waals surface area contributed by atoms with E-state index in [1.54, 1.807) is 11.8 Å². The number of likely N-dealkylation sites (tertiary alicyclic amines) is 1. The minimum absolute atomic E-state index is 0.0200. The fourth-order valence-corrected chi connectivity index (χ4v) is 6.17. The molecule has 3 fully saturated rings. The molecular formula is C22H24N2O2S. The molecule has 2 saturated carbocycles. The van der Waals surface area contributed by atoms with Crippen LogP contribution in [0.25, 0.3) is 0 Å². The second-order valence-corrected chi connectivity index (χ2v) is 9.54. The summed E-state index contributed by atoms with van der Waals surface area (Å²) in [5.41, 5.74) is 4.02. The standard InChI is InChI=1S/C22H24N2O2S/c25-20-19(18(14-5-6-14)15-7-8-15)27-21(23-20)24-11-9-22(10-12-24)17-4-2-1-3-16(17)13-26-22/h1-4,14-15H,5-13H2. The first-order valence-electron chi connectivity index (χ1n) is 10.3. The predicted octanol–water partition coefficient (Wildman–Crippen LogP) is 4.21. The van der Waals surface area contributed by atoms with Crippen molar-refractivity contribution in [1.29, 1.82) is 0 Å². The summed E-state index contributed by atoms with van der Waals surface area (Å²) in [6.07, 6.45) is 7.00. The Morgan fingerprint density at radius 1 is 1.11 bits per heavy atom. The number of aliphatic imine (C=N–C) groups is 1. The molecule has 1 aromatic rings. The van der Waals surface area contributed by atoms with Crippen LogP contribution in [0.1, 0.15) is 49.7 Å². The molecule has 140 valence electrons. The highest BCUT2D eigenvalue weighted by molar-refractivity contribution is 8.18. The number of fused-ring (bicyclic) bond motifs is 2. The number of amidine groups is 1. The van der Waals surface area contributed by atoms with Crippen molar-refractivity contribution >= 4 is 22.8 Å². The molecular weight excluding hydrogens is 356 g/mol. The summed E-state index contributed by atoms with van der Waals surface area (Å²) in [7, 11) is 0. The zero-order valence-electron chi connectivity index (χ0n) is 15.4. The van der Waals surface area contributed by atoms with Crippen molar-refractivity contribution in [3.8, 4) is 0 Å². The number of thioether (sulfide) groups is 1. The van der Waals surface area contributed by atoms with Crippen molar-refractivity contribution in [2.24, 2.45) is 16.8 Å². The van der Waals surface area contributed by atoms with Crippen LogP contribution in [-0.4, -0.2) is 29.1 Å². The average molecular weight is 381 g/mol. The van der Waals surface area contributed by atoms with Crippen LogP contribution in [0, 0.1) is 11.8 Å². The van der Waals surface area contributed by atoms with Crippen molar-refractivity contribution in [3.05, 3.63) is 45.9 Å². The van der Waals surface area contributed by atoms with Crippen LogP contribution in [0.5, 0.6) is 0 Å². The van der Waals surface area contributed by atoms with E-state index in [0.29, 0.717) is 11.8 Å². The molecule has 3 heterocycles. The van der Waals surface area contributed by atoms with Gasteiger partial charge in [0.15, 0.2) is 5.17 Å². The van der Waals surface area contributed by atoms with E-state index >= 15 is 0 Å². The smallest absolute Gasteiger partial charge is 0.286 e. The van der Waals surface area contributed by atoms with Gasteiger partial charge in [-0.1, -0.05) is 24.3 Å². The second-order valence-electron chi connectivity index (χ2n) is 8.56. The number of rotatable bonds is 2. The first-order valence-corrected chi connectivity index (χ1v) is 11.1. The summed E-state index contributed by atoms with van der Waals surface area (Å²) in [4.78, 5) is 20.4. The Morgan fingerprint density at radius 2 is 1.81 bits per heavy atom. The molecule has 5 heteroatoms. The van der Waals surface area contributed by atoms with Crippen LogP contribution in [0.15, 0.2) is 39.7 Å². The number of nitrogens with zero attached hydrogens (tertiary/aromatic N) is 2. The van der Waals surface area contributed by atoms with Crippen LogP contribution in [0.2, 0.25) is 0 Å². The SMILES string of the molecule is O=C1N=C(N2CCC3(CC2)OCc2ccccc23)SC1=C(C1CC1)C1CC1. The predicted molar refractivity (Wildman–Crippen MR) is 106 cm³/mol. The highest BCUT2D eigenvalue weighted by Crippen LogP contribution is 2.53. The van der Waals surface area contributed by atoms with Crippen molar-refractivity contribution in [3.63, 3.8) is 0 Å². The highest BCUT2D eigenvalue weighted by atomic mass is 32.2. The summed E-state index contributed by atoms with van der Waals surface area (Å²) in [5, 5.41) is 0.926. The first-order chi connectivity index (χ1) is 13.2. The molecule has 0 atom stereocenters. The number of allylic oxidation sites excluding steroid dienone is 1. The van der Waals surface area contributed by atoms with E-state index in [1.807, 2.05) is 0 Å². The Kier molecular flexibility index (Phi) is 3.61. The third-order valence-corrected chi connectivity index (χ3v) is 7.88. The average Bonchev–Trinajstić information content (AvgIpc) is 3.62. The van der Waals surface area contributed by atoms with Gasteiger partial charge in [0.25, 0.3) is 5.91 Å². The Morgan fingerprint density at radius 3 is 2.52 bits per heavy atom. The summed E-state index contributed by atoms with van der Waals surface area (Å²) >= 11 is 1.65. The van der Waals surface area contributed by atoms with Gasteiger partial charge in [0.1, 0.15) is 0 Å². The molecule has 0 bridgehead atoms. The Balaban J connectivity index is 1.20. The molecule has 5 aliphatic rings. The molecule has 1 spiro atoms. The lowest BCUT2D eigenvalue weighted by molar-refractivity contribution is -0.113. The Labute approximate surface area is 164 Å². The topological polar surface area (TPSA) is 41.9 Å². The van der Waals surface area contributed by atoms with E-state index in [0.717, 1.165) is 42.6 Å². The van der Waals surface area contributed by atoms with Gasteiger partial charge in [-0.3, -0.25) is 4.79 Å². The van der Waals surface area contributed by atoms with E-state index in [1.165, 1.54) is 42.4 Å². The van der Waals surface area contributed by atoms with Crippen molar-refractivity contribution in [1.82, 2.24) is 4.90 Å². The molecule has 3 aliphatic heterocycles. The molecule has 27 heavy (non-hydrogen) atoms. The van der Waals surface area contributed by atoms with E-state index < -0.39 is 0 Å². The van der Waals surface area contributed by atoms with Gasteiger partial charge in [0, 0.05) is 13.1 Å². The van der Waals surface area contributed by atoms with Gasteiger partial charge in [-0.25, -0.2) is 0 Å². The van der Waals surface area contributed by atoms with E-state index in [9.17, 15) is 4.79 Å². The molecule has 1 aromatic carbocycles. The molecule has 0 aromatic heterocycles. The van der Waals surface area contributed by atoms with Crippen molar-refractivity contribution < 1.29 is 9.53 Å². The third-order valence-electron chi connectivity index (χ3n) is 6.74. The molecule has 0 N–H and O–H groups in total. The van der Waals surface area contributed by atoms with Crippen LogP contribution in [0.4, 0.5) is 0 Å². The highest BCUT2D eigenvalue weighted by Gasteiger charge is 2.45. The second kappa shape index (κ2) is 5.95. The number of hydrogen-bond donors (Lipinski definition) is 0. The zero-order valence-corrected chi connectivity index (χ0v) is 16.3. The van der Waals surface area contributed by atoms with Gasteiger partial charge >= 0.3 is 0 Å². The maximum atomic E-state index is 12.6. The van der Waals surface area contributed by atoms with Crippen LogP contribution < -0.4 is 0 Å². The quantitative estimate of drug-likeness (QED) is 0.721. The van der Waals surface area contributed by atoms with Crippen molar-refractivity contribution in [2.75, 3.05) is 13.1 Å². The largest absolute Gasteiger partial charge is 0.365 e. The minimum atomic E-state index is -0.132. The lowest BCUT2D eigenvalue weighted by atomic mass is 9.84. The van der Waals surface area contributed by atoms with Crippen LogP contribution >= 0.6 is 11.8 Å². The molecule has 0 unspecified atom stereocenters. The number of carbonyl (C=O) groups excluding carboxylic acids is 1. The lowest BCUT2D eigenvalue weighted by Crippen LogP contribution is -2.44. The number of amides is 1. The number of piperidine rings is 1. The van der Waals surface area contributed by atoms with E-state index in [4.69, 9.17) is 4.74 Å². The molecule has 6 rings (SSSR count). The molecule has 1 saturated heterocycles. The zero-order chi connectivity index (χ0) is 18.0. The summed E-state index contributed by atoms with van der Waals surface area (Å²) in [6.45, 7) is 2.54. The summed E-state index contributed by atoms with van der Waals surface area (Å²) in [5.74, 6) is 1.37. The van der Waals surface area contributed by atoms with Gasteiger partial charge < -0.3 is 9.64 Å². The van der Waals surface area contributed by atoms with Gasteiger partial charge in [-0.05, 0) is 78.8 Å². The molecule has 4 nitrogen and oxygen atoms in total. The number of carbonyl (C=O) groups is 1. The molecule has 1 amide bonds. The molecule has 0 radical (unpaired) electrons. The number of hydrogen-bond acceptors (Lipinski definition) is 4.